The maximum absolute atomic E-state index is 12.7. The lowest BCUT2D eigenvalue weighted by Gasteiger charge is -2.30. The van der Waals surface area contributed by atoms with Crippen LogP contribution in [0.1, 0.15) is 31.0 Å². The van der Waals surface area contributed by atoms with Gasteiger partial charge in [-0.2, -0.15) is 5.10 Å². The van der Waals surface area contributed by atoms with Gasteiger partial charge in [-0.15, -0.1) is 0 Å². The highest BCUT2D eigenvalue weighted by molar-refractivity contribution is 9.10. The molecule has 2 aromatic rings. The third-order valence-electron chi connectivity index (χ3n) is 5.22. The quantitative estimate of drug-likeness (QED) is 0.165. The summed E-state index contributed by atoms with van der Waals surface area (Å²) in [6, 6.07) is 9.97. The number of hydrogen-bond acceptors (Lipinski definition) is 8. The zero-order chi connectivity index (χ0) is 26.9. The number of methoxy groups -OCH3 is 2. The average Bonchev–Trinajstić information content (AvgIpc) is 2.86. The van der Waals surface area contributed by atoms with E-state index in [9.17, 15) is 9.59 Å². The van der Waals surface area contributed by atoms with Crippen LogP contribution in [0, 0.1) is 0 Å². The minimum atomic E-state index is -0.621. The number of thiocarbonyl (C=S) groups is 1. The molecule has 1 atom stereocenters. The zero-order valence-electron chi connectivity index (χ0n) is 20.7. The maximum atomic E-state index is 12.7. The summed E-state index contributed by atoms with van der Waals surface area (Å²) in [5.41, 5.74) is 4.60. The molecule has 0 radical (unpaired) electrons. The SMILES string of the molecule is CCOC(=O)C1=C(C)NC(=S)N[C@H]1c1ccccc1OCC(=O)NN=Cc1cc(Br)cc(OC)c1OC. The topological polar surface area (TPSA) is 120 Å². The number of nitrogens with zero attached hydrogens (tertiary/aromatic N) is 1. The van der Waals surface area contributed by atoms with Gasteiger partial charge in [0, 0.05) is 21.3 Å². The summed E-state index contributed by atoms with van der Waals surface area (Å²) in [5, 5.41) is 10.4. The average molecular weight is 591 g/mol. The van der Waals surface area contributed by atoms with Crippen LogP contribution < -0.4 is 30.3 Å². The van der Waals surface area contributed by atoms with Gasteiger partial charge >= 0.3 is 5.97 Å². The first-order valence-corrected chi connectivity index (χ1v) is 12.4. The van der Waals surface area contributed by atoms with Gasteiger partial charge in [0.25, 0.3) is 5.91 Å². The second-order valence-corrected chi connectivity index (χ2v) is 8.96. The molecule has 0 fully saturated rings. The first-order chi connectivity index (χ1) is 17.8. The van der Waals surface area contributed by atoms with Gasteiger partial charge in [-0.25, -0.2) is 10.2 Å². The van der Waals surface area contributed by atoms with E-state index in [1.54, 1.807) is 50.2 Å². The van der Waals surface area contributed by atoms with E-state index in [1.807, 2.05) is 0 Å². The minimum absolute atomic E-state index is 0.226. The molecular formula is C25H27BrN4O6S. The van der Waals surface area contributed by atoms with Crippen molar-refractivity contribution < 1.29 is 28.5 Å². The van der Waals surface area contributed by atoms with Crippen molar-refractivity contribution in [1.82, 2.24) is 16.1 Å². The van der Waals surface area contributed by atoms with Gasteiger partial charge in [0.15, 0.2) is 23.2 Å². The van der Waals surface area contributed by atoms with Gasteiger partial charge in [0.1, 0.15) is 5.75 Å². The van der Waals surface area contributed by atoms with Gasteiger partial charge in [-0.3, -0.25) is 4.79 Å². The summed E-state index contributed by atoms with van der Waals surface area (Å²) in [5.74, 6) is 0.424. The Morgan fingerprint density at radius 3 is 2.65 bits per heavy atom. The lowest BCUT2D eigenvalue weighted by molar-refractivity contribution is -0.139. The van der Waals surface area contributed by atoms with Crippen molar-refractivity contribution in [1.29, 1.82) is 0 Å². The molecule has 0 spiro atoms. The van der Waals surface area contributed by atoms with Crippen LogP contribution in [0.2, 0.25) is 0 Å². The molecule has 0 saturated carbocycles. The van der Waals surface area contributed by atoms with Gasteiger partial charge < -0.3 is 29.6 Å². The fourth-order valence-corrected chi connectivity index (χ4v) is 4.39. The Labute approximate surface area is 228 Å². The maximum Gasteiger partial charge on any atom is 0.338 e. The van der Waals surface area contributed by atoms with Crippen molar-refractivity contribution in [2.45, 2.75) is 19.9 Å². The first-order valence-electron chi connectivity index (χ1n) is 11.2. The Balaban J connectivity index is 1.73. The van der Waals surface area contributed by atoms with Gasteiger partial charge in [-0.05, 0) is 44.3 Å². The third kappa shape index (κ3) is 6.98. The predicted octanol–water partition coefficient (Wildman–Crippen LogP) is 3.35. The van der Waals surface area contributed by atoms with E-state index in [2.05, 4.69) is 37.1 Å². The Morgan fingerprint density at radius 2 is 1.95 bits per heavy atom. The molecule has 1 aliphatic heterocycles. The number of hydrogen-bond donors (Lipinski definition) is 3. The second kappa shape index (κ2) is 13.1. The standard InChI is InChI=1S/C25H27BrN4O6S/c1-5-35-24(32)21-14(2)28-25(37)29-22(21)17-8-6-7-9-18(17)36-13-20(31)30-27-12-15-10-16(26)11-19(33-3)23(15)34-4/h6-12,22H,5,13H2,1-4H3,(H,30,31)(H2,28,29,37)/t22-/m0/s1. The van der Waals surface area contributed by atoms with Crippen LogP contribution >= 0.6 is 28.1 Å². The lowest BCUT2D eigenvalue weighted by atomic mass is 9.95. The number of rotatable bonds is 10. The van der Waals surface area contributed by atoms with Gasteiger partial charge in [0.2, 0.25) is 0 Å². The largest absolute Gasteiger partial charge is 0.493 e. The lowest BCUT2D eigenvalue weighted by Crippen LogP contribution is -2.45. The van der Waals surface area contributed by atoms with Crippen LogP contribution in [0.25, 0.3) is 0 Å². The van der Waals surface area contributed by atoms with Crippen molar-refractivity contribution in [2.75, 3.05) is 27.4 Å². The summed E-state index contributed by atoms with van der Waals surface area (Å²) in [6.07, 6.45) is 1.44. The van der Waals surface area contributed by atoms with E-state index >= 15 is 0 Å². The number of para-hydroxylation sites is 1. The summed E-state index contributed by atoms with van der Waals surface area (Å²) < 4.78 is 22.5. The number of nitrogens with one attached hydrogen (secondary N) is 3. The van der Waals surface area contributed by atoms with Crippen molar-refractivity contribution in [3.05, 3.63) is 63.3 Å². The molecule has 2 aromatic carbocycles. The van der Waals surface area contributed by atoms with Crippen molar-refractivity contribution in [3.8, 4) is 17.2 Å². The fraction of sp³-hybridized carbons (Fsp3) is 0.280. The number of carbonyl (C=O) groups excluding carboxylic acids is 2. The summed E-state index contributed by atoms with van der Waals surface area (Å²) in [4.78, 5) is 25.1. The van der Waals surface area contributed by atoms with E-state index < -0.39 is 17.9 Å². The Hall–Kier alpha value is -3.64. The molecule has 12 heteroatoms. The van der Waals surface area contributed by atoms with Crippen LogP contribution in [-0.4, -0.2) is 50.6 Å². The van der Waals surface area contributed by atoms with Crippen LogP contribution in [0.3, 0.4) is 0 Å². The van der Waals surface area contributed by atoms with Crippen LogP contribution in [0.5, 0.6) is 17.2 Å². The summed E-state index contributed by atoms with van der Waals surface area (Å²) in [6.45, 7) is 3.39. The van der Waals surface area contributed by atoms with Crippen LogP contribution in [0.4, 0.5) is 0 Å². The molecule has 0 unspecified atom stereocenters. The monoisotopic (exact) mass is 590 g/mol. The van der Waals surface area contributed by atoms with Crippen molar-refractivity contribution >= 4 is 51.4 Å². The molecule has 3 rings (SSSR count). The first kappa shape index (κ1) is 27.9. The number of amides is 1. The van der Waals surface area contributed by atoms with E-state index in [-0.39, 0.29) is 13.2 Å². The normalized spacial score (nSPS) is 15.1. The molecule has 196 valence electrons. The molecule has 1 amide bonds. The number of benzene rings is 2. The van der Waals surface area contributed by atoms with E-state index in [4.69, 9.17) is 31.2 Å². The molecule has 10 nitrogen and oxygen atoms in total. The number of allylic oxidation sites excluding steroid dienone is 1. The molecule has 0 saturated heterocycles. The highest BCUT2D eigenvalue weighted by Crippen LogP contribution is 2.34. The smallest absolute Gasteiger partial charge is 0.338 e. The number of hydrazone groups is 1. The molecular weight excluding hydrogens is 564 g/mol. The van der Waals surface area contributed by atoms with E-state index in [0.717, 1.165) is 4.47 Å². The third-order valence-corrected chi connectivity index (χ3v) is 5.90. The van der Waals surface area contributed by atoms with E-state index in [0.29, 0.717) is 44.8 Å². The summed E-state index contributed by atoms with van der Waals surface area (Å²) in [7, 11) is 3.04. The molecule has 0 aliphatic carbocycles. The van der Waals surface area contributed by atoms with Crippen molar-refractivity contribution in [2.24, 2.45) is 5.10 Å². The fourth-order valence-electron chi connectivity index (χ4n) is 3.66. The molecule has 1 heterocycles. The second-order valence-electron chi connectivity index (χ2n) is 7.64. The van der Waals surface area contributed by atoms with E-state index in [1.165, 1.54) is 20.4 Å². The molecule has 1 aliphatic rings. The molecule has 3 N–H and O–H groups in total. The highest BCUT2D eigenvalue weighted by Gasteiger charge is 2.32. The number of halogens is 1. The van der Waals surface area contributed by atoms with Crippen LogP contribution in [-0.2, 0) is 14.3 Å². The Bertz CT molecular complexity index is 1250. The number of ether oxygens (including phenoxy) is 4. The summed E-state index contributed by atoms with van der Waals surface area (Å²) >= 11 is 8.70. The van der Waals surface area contributed by atoms with Crippen LogP contribution in [0.15, 0.2) is 57.2 Å². The highest BCUT2D eigenvalue weighted by atomic mass is 79.9. The zero-order valence-corrected chi connectivity index (χ0v) is 23.1. The van der Waals surface area contributed by atoms with Crippen molar-refractivity contribution in [3.63, 3.8) is 0 Å². The number of esters is 1. The minimum Gasteiger partial charge on any atom is -0.493 e. The predicted molar refractivity (Wildman–Crippen MR) is 146 cm³/mol. The Kier molecular flexibility index (Phi) is 9.86. The Morgan fingerprint density at radius 1 is 1.19 bits per heavy atom. The van der Waals surface area contributed by atoms with Gasteiger partial charge in [0.05, 0.1) is 38.7 Å². The molecule has 0 bridgehead atoms. The molecule has 0 aromatic heterocycles. The van der Waals surface area contributed by atoms with Gasteiger partial charge in [-0.1, -0.05) is 34.1 Å². The number of carbonyl (C=O) groups is 2. The molecule has 37 heavy (non-hydrogen) atoms.